The maximum Gasteiger partial charge on any atom is 0.387 e. The van der Waals surface area contributed by atoms with Crippen LogP contribution >= 0.6 is 0 Å². The van der Waals surface area contributed by atoms with E-state index in [0.29, 0.717) is 34.7 Å². The number of rotatable bonds is 12. The summed E-state index contributed by atoms with van der Waals surface area (Å²) in [6.45, 7) is -0.672. The summed E-state index contributed by atoms with van der Waals surface area (Å²) in [6, 6.07) is 20.7. The van der Waals surface area contributed by atoms with Crippen LogP contribution in [0.3, 0.4) is 0 Å². The van der Waals surface area contributed by atoms with Gasteiger partial charge in [-0.05, 0) is 77.6 Å². The monoisotopic (exact) mass is 508 g/mol. The highest BCUT2D eigenvalue weighted by molar-refractivity contribution is 5.88. The molecule has 0 aliphatic carbocycles. The number of halogens is 4. The molecular weight excluding hydrogens is 476 g/mol. The molecule has 0 atom stereocenters. The number of benzene rings is 4. The van der Waals surface area contributed by atoms with Gasteiger partial charge in [0.15, 0.2) is 0 Å². The van der Waals surface area contributed by atoms with E-state index in [0.717, 1.165) is 36.0 Å². The first-order chi connectivity index (χ1) is 17.9. The minimum Gasteiger partial charge on any atom is -0.435 e. The van der Waals surface area contributed by atoms with Crippen molar-refractivity contribution >= 4 is 10.8 Å². The minimum atomic E-state index is -2.86. The maximum absolute atomic E-state index is 15.3. The Bertz CT molecular complexity index is 1310. The molecule has 4 aromatic carbocycles. The highest BCUT2D eigenvalue weighted by atomic mass is 19.3. The van der Waals surface area contributed by atoms with E-state index in [2.05, 4.69) is 11.7 Å². The molecule has 0 unspecified atom stereocenters. The van der Waals surface area contributed by atoms with E-state index in [-0.39, 0.29) is 17.4 Å². The highest BCUT2D eigenvalue weighted by Crippen LogP contribution is 2.30. The second-order valence-electron chi connectivity index (χ2n) is 9.48. The summed E-state index contributed by atoms with van der Waals surface area (Å²) in [4.78, 5) is 0. The van der Waals surface area contributed by atoms with Crippen LogP contribution in [0.2, 0.25) is 0 Å². The van der Waals surface area contributed by atoms with Crippen molar-refractivity contribution in [1.29, 1.82) is 0 Å². The zero-order chi connectivity index (χ0) is 26.2. The fourth-order valence-corrected chi connectivity index (χ4v) is 4.70. The zero-order valence-corrected chi connectivity index (χ0v) is 21.1. The topological polar surface area (TPSA) is 9.23 Å². The van der Waals surface area contributed by atoms with Crippen molar-refractivity contribution in [3.05, 3.63) is 101 Å². The number of fused-ring (bicyclic) bond motifs is 1. The lowest BCUT2D eigenvalue weighted by molar-refractivity contribution is -0.0498. The summed E-state index contributed by atoms with van der Waals surface area (Å²) in [6.07, 6.45) is 7.80. The molecule has 0 aliphatic heterocycles. The van der Waals surface area contributed by atoms with Crippen LogP contribution in [-0.2, 0) is 19.3 Å². The van der Waals surface area contributed by atoms with Crippen molar-refractivity contribution in [3.63, 3.8) is 0 Å². The van der Waals surface area contributed by atoms with Crippen molar-refractivity contribution < 1.29 is 22.3 Å². The van der Waals surface area contributed by atoms with Gasteiger partial charge in [-0.2, -0.15) is 8.78 Å². The molecule has 0 N–H and O–H groups in total. The van der Waals surface area contributed by atoms with E-state index in [1.54, 1.807) is 36.4 Å². The predicted molar refractivity (Wildman–Crippen MR) is 142 cm³/mol. The summed E-state index contributed by atoms with van der Waals surface area (Å²) < 4.78 is 59.2. The van der Waals surface area contributed by atoms with Gasteiger partial charge in [-0.15, -0.1) is 0 Å². The van der Waals surface area contributed by atoms with Gasteiger partial charge in [-0.1, -0.05) is 81.1 Å². The quantitative estimate of drug-likeness (QED) is 0.137. The van der Waals surface area contributed by atoms with Gasteiger partial charge in [0.25, 0.3) is 0 Å². The van der Waals surface area contributed by atoms with Crippen molar-refractivity contribution in [3.8, 4) is 16.9 Å². The molecule has 37 heavy (non-hydrogen) atoms. The standard InChI is InChI=1S/C32H32F4O/c1-2-3-4-5-6-7-23-11-18-28(30(33)20-23)25-15-19-29-26(21-25)14-13-24(31(29)34)12-8-22-9-16-27(17-10-22)37-32(35)36/h9-11,13-21,32H,2-8,12H2,1H3. The second kappa shape index (κ2) is 12.8. The van der Waals surface area contributed by atoms with Crippen LogP contribution in [0.1, 0.15) is 55.7 Å². The first-order valence-electron chi connectivity index (χ1n) is 13.0. The average molecular weight is 509 g/mol. The van der Waals surface area contributed by atoms with E-state index in [1.807, 2.05) is 24.3 Å². The Morgan fingerprint density at radius 2 is 1.46 bits per heavy atom. The molecule has 1 nitrogen and oxygen atoms in total. The lowest BCUT2D eigenvalue weighted by atomic mass is 9.96. The van der Waals surface area contributed by atoms with E-state index < -0.39 is 6.61 Å². The van der Waals surface area contributed by atoms with Gasteiger partial charge in [0.05, 0.1) is 0 Å². The highest BCUT2D eigenvalue weighted by Gasteiger charge is 2.12. The Hall–Kier alpha value is -3.34. The third-order valence-corrected chi connectivity index (χ3v) is 6.78. The van der Waals surface area contributed by atoms with Gasteiger partial charge in [0.2, 0.25) is 0 Å². The summed E-state index contributed by atoms with van der Waals surface area (Å²) >= 11 is 0. The molecule has 0 heterocycles. The van der Waals surface area contributed by atoms with Crippen LogP contribution in [0.25, 0.3) is 21.9 Å². The van der Waals surface area contributed by atoms with Gasteiger partial charge in [-0.3, -0.25) is 0 Å². The first kappa shape index (κ1) is 26.7. The van der Waals surface area contributed by atoms with Crippen LogP contribution < -0.4 is 4.74 Å². The molecule has 0 radical (unpaired) electrons. The molecule has 0 saturated carbocycles. The summed E-state index contributed by atoms with van der Waals surface area (Å²) in [7, 11) is 0. The van der Waals surface area contributed by atoms with Crippen LogP contribution in [0, 0.1) is 11.6 Å². The van der Waals surface area contributed by atoms with Crippen LogP contribution in [-0.4, -0.2) is 6.61 Å². The van der Waals surface area contributed by atoms with Gasteiger partial charge in [-0.25, -0.2) is 8.78 Å². The summed E-state index contributed by atoms with van der Waals surface area (Å²) in [5, 5.41) is 1.21. The van der Waals surface area contributed by atoms with Gasteiger partial charge in [0.1, 0.15) is 17.4 Å². The third-order valence-electron chi connectivity index (χ3n) is 6.78. The number of ether oxygens (including phenoxy) is 1. The largest absolute Gasteiger partial charge is 0.435 e. The van der Waals surface area contributed by atoms with Crippen molar-refractivity contribution in [2.75, 3.05) is 0 Å². The van der Waals surface area contributed by atoms with Crippen molar-refractivity contribution in [1.82, 2.24) is 0 Å². The molecule has 0 spiro atoms. The SMILES string of the molecule is CCCCCCCc1ccc(-c2ccc3c(F)c(CCc4ccc(OC(F)F)cc4)ccc3c2)c(F)c1. The molecule has 0 amide bonds. The molecule has 0 aromatic heterocycles. The Morgan fingerprint density at radius 3 is 2.19 bits per heavy atom. The predicted octanol–water partition coefficient (Wildman–Crippen LogP) is 9.68. The number of hydrogen-bond acceptors (Lipinski definition) is 1. The normalized spacial score (nSPS) is 11.4. The van der Waals surface area contributed by atoms with E-state index in [9.17, 15) is 13.2 Å². The van der Waals surface area contributed by atoms with Crippen LogP contribution in [0.5, 0.6) is 5.75 Å². The maximum atomic E-state index is 15.3. The fraction of sp³-hybridized carbons (Fsp3) is 0.312. The fourth-order valence-electron chi connectivity index (χ4n) is 4.70. The summed E-state index contributed by atoms with van der Waals surface area (Å²) in [5.74, 6) is -0.451. The smallest absolute Gasteiger partial charge is 0.387 e. The van der Waals surface area contributed by atoms with Gasteiger partial charge >= 0.3 is 6.61 Å². The van der Waals surface area contributed by atoms with Crippen molar-refractivity contribution in [2.45, 2.75) is 64.9 Å². The molecule has 0 bridgehead atoms. The molecule has 0 fully saturated rings. The molecule has 0 aliphatic rings. The summed E-state index contributed by atoms with van der Waals surface area (Å²) in [5.41, 5.74) is 3.71. The number of alkyl halides is 2. The average Bonchev–Trinajstić information content (AvgIpc) is 2.89. The van der Waals surface area contributed by atoms with E-state index in [4.69, 9.17) is 0 Å². The van der Waals surface area contributed by atoms with Gasteiger partial charge in [0, 0.05) is 10.9 Å². The molecule has 194 valence electrons. The first-order valence-corrected chi connectivity index (χ1v) is 13.0. The zero-order valence-electron chi connectivity index (χ0n) is 21.1. The Morgan fingerprint density at radius 1 is 0.703 bits per heavy atom. The van der Waals surface area contributed by atoms with Crippen LogP contribution in [0.15, 0.2) is 72.8 Å². The number of unbranched alkanes of at least 4 members (excludes halogenated alkanes) is 4. The Balaban J connectivity index is 1.44. The second-order valence-corrected chi connectivity index (χ2v) is 9.48. The van der Waals surface area contributed by atoms with Crippen molar-refractivity contribution in [2.24, 2.45) is 0 Å². The molecule has 4 rings (SSSR count). The Labute approximate surface area is 216 Å². The third kappa shape index (κ3) is 7.12. The number of aryl methyl sites for hydroxylation is 3. The lowest BCUT2D eigenvalue weighted by Gasteiger charge is -2.11. The Kier molecular flexibility index (Phi) is 9.21. The number of hydrogen-bond donors (Lipinski definition) is 0. The molecular formula is C32H32F4O. The lowest BCUT2D eigenvalue weighted by Crippen LogP contribution is -2.02. The van der Waals surface area contributed by atoms with E-state index >= 15 is 4.39 Å². The van der Waals surface area contributed by atoms with Gasteiger partial charge < -0.3 is 4.74 Å². The van der Waals surface area contributed by atoms with Crippen LogP contribution in [0.4, 0.5) is 17.6 Å². The molecule has 0 saturated heterocycles. The minimum absolute atomic E-state index is 0.0972. The molecule has 4 aromatic rings. The van der Waals surface area contributed by atoms with E-state index in [1.165, 1.54) is 31.4 Å². The molecule has 5 heteroatoms.